The lowest BCUT2D eigenvalue weighted by atomic mass is 10.2. The van der Waals surface area contributed by atoms with Crippen molar-refractivity contribution < 1.29 is 9.18 Å². The third-order valence-corrected chi connectivity index (χ3v) is 4.16. The lowest BCUT2D eigenvalue weighted by Gasteiger charge is -2.34. The molecule has 126 valence electrons. The van der Waals surface area contributed by atoms with Crippen molar-refractivity contribution in [1.82, 2.24) is 20.1 Å². The lowest BCUT2D eigenvalue weighted by Crippen LogP contribution is -2.51. The third kappa shape index (κ3) is 4.29. The fourth-order valence-electron chi connectivity index (χ4n) is 2.75. The molecule has 0 saturated carbocycles. The second kappa shape index (κ2) is 7.88. The van der Waals surface area contributed by atoms with Crippen molar-refractivity contribution in [3.63, 3.8) is 0 Å². The molecule has 0 radical (unpaired) electrons. The summed E-state index contributed by atoms with van der Waals surface area (Å²) in [5.41, 5.74) is 1.54. The number of pyridine rings is 1. The van der Waals surface area contributed by atoms with Gasteiger partial charge < -0.3 is 10.2 Å². The van der Waals surface area contributed by atoms with E-state index in [1.165, 1.54) is 6.07 Å². The fraction of sp³-hybridized carbons (Fsp3) is 0.333. The molecule has 0 aliphatic carbocycles. The van der Waals surface area contributed by atoms with Crippen molar-refractivity contribution in [3.8, 4) is 0 Å². The van der Waals surface area contributed by atoms with Gasteiger partial charge in [-0.15, -0.1) is 0 Å². The van der Waals surface area contributed by atoms with E-state index in [4.69, 9.17) is 0 Å². The third-order valence-electron chi connectivity index (χ3n) is 4.16. The predicted octanol–water partition coefficient (Wildman–Crippen LogP) is 2.25. The van der Waals surface area contributed by atoms with Gasteiger partial charge in [0.05, 0.1) is 5.69 Å². The molecular weight excluding hydrogens is 307 g/mol. The van der Waals surface area contributed by atoms with Gasteiger partial charge in [0.25, 0.3) is 0 Å². The number of hydrogen-bond acceptors (Lipinski definition) is 3. The first-order valence-corrected chi connectivity index (χ1v) is 8.11. The van der Waals surface area contributed by atoms with Gasteiger partial charge in [-0.05, 0) is 18.2 Å². The molecule has 0 unspecified atom stereocenters. The number of benzene rings is 1. The van der Waals surface area contributed by atoms with Crippen LogP contribution < -0.4 is 5.32 Å². The Bertz CT molecular complexity index is 672. The molecular formula is C18H21FN4O. The minimum atomic E-state index is -0.294. The van der Waals surface area contributed by atoms with Gasteiger partial charge in [0.15, 0.2) is 0 Å². The molecule has 6 heteroatoms. The number of hydrogen-bond donors (Lipinski definition) is 1. The Hall–Kier alpha value is -2.47. The Morgan fingerprint density at radius 1 is 1.08 bits per heavy atom. The number of amides is 2. The maximum Gasteiger partial charge on any atom is 0.317 e. The van der Waals surface area contributed by atoms with Crippen LogP contribution >= 0.6 is 0 Å². The molecule has 1 aromatic carbocycles. The standard InChI is InChI=1S/C18H21FN4O/c19-17-7-2-1-5-15(17)13-21-18(24)23-11-9-22(10-12-23)14-16-6-3-4-8-20-16/h1-8H,9-14H2,(H,21,24). The number of piperazine rings is 1. The SMILES string of the molecule is O=C(NCc1ccccc1F)N1CCN(Cc2ccccn2)CC1. The fourth-order valence-corrected chi connectivity index (χ4v) is 2.75. The topological polar surface area (TPSA) is 48.5 Å². The van der Waals surface area contributed by atoms with E-state index in [1.54, 1.807) is 29.3 Å². The molecule has 2 amide bonds. The Morgan fingerprint density at radius 3 is 2.54 bits per heavy atom. The number of halogens is 1. The monoisotopic (exact) mass is 328 g/mol. The minimum Gasteiger partial charge on any atom is -0.334 e. The van der Waals surface area contributed by atoms with Crippen molar-refractivity contribution in [3.05, 3.63) is 65.7 Å². The Balaban J connectivity index is 1.44. The number of nitrogens with one attached hydrogen (secondary N) is 1. The molecule has 1 aliphatic rings. The summed E-state index contributed by atoms with van der Waals surface area (Å²) in [5, 5.41) is 2.79. The zero-order valence-electron chi connectivity index (χ0n) is 13.5. The summed E-state index contributed by atoms with van der Waals surface area (Å²) < 4.78 is 13.6. The summed E-state index contributed by atoms with van der Waals surface area (Å²) in [4.78, 5) is 20.6. The van der Waals surface area contributed by atoms with E-state index in [9.17, 15) is 9.18 Å². The molecule has 2 aromatic rings. The first-order valence-electron chi connectivity index (χ1n) is 8.11. The van der Waals surface area contributed by atoms with E-state index in [0.717, 1.165) is 25.3 Å². The summed E-state index contributed by atoms with van der Waals surface area (Å²) in [6.07, 6.45) is 1.79. The van der Waals surface area contributed by atoms with Crippen molar-refractivity contribution >= 4 is 6.03 Å². The van der Waals surface area contributed by atoms with Crippen molar-refractivity contribution in [1.29, 1.82) is 0 Å². The first kappa shape index (κ1) is 16.4. The van der Waals surface area contributed by atoms with E-state index < -0.39 is 0 Å². The van der Waals surface area contributed by atoms with E-state index >= 15 is 0 Å². The quantitative estimate of drug-likeness (QED) is 0.936. The number of aromatic nitrogens is 1. The van der Waals surface area contributed by atoms with Crippen LogP contribution in [0.1, 0.15) is 11.3 Å². The molecule has 1 aromatic heterocycles. The zero-order valence-corrected chi connectivity index (χ0v) is 13.5. The van der Waals surface area contributed by atoms with Crippen LogP contribution in [-0.4, -0.2) is 47.0 Å². The number of carbonyl (C=O) groups is 1. The molecule has 3 rings (SSSR count). The van der Waals surface area contributed by atoms with Crippen LogP contribution in [0.5, 0.6) is 0 Å². The van der Waals surface area contributed by atoms with Crippen LogP contribution in [0.4, 0.5) is 9.18 Å². The molecule has 0 atom stereocenters. The molecule has 0 bridgehead atoms. The number of rotatable bonds is 4. The normalized spacial score (nSPS) is 15.3. The summed E-state index contributed by atoms with van der Waals surface area (Å²) >= 11 is 0. The molecule has 1 fully saturated rings. The van der Waals surface area contributed by atoms with Gasteiger partial charge in [0, 0.05) is 51.0 Å². The van der Waals surface area contributed by atoms with E-state index in [1.807, 2.05) is 18.2 Å². The predicted molar refractivity (Wildman–Crippen MR) is 89.7 cm³/mol. The van der Waals surface area contributed by atoms with Crippen LogP contribution in [-0.2, 0) is 13.1 Å². The highest BCUT2D eigenvalue weighted by atomic mass is 19.1. The Labute approximate surface area is 141 Å². The summed E-state index contributed by atoms with van der Waals surface area (Å²) in [5.74, 6) is -0.294. The van der Waals surface area contributed by atoms with Crippen molar-refractivity contribution in [2.45, 2.75) is 13.1 Å². The molecule has 2 heterocycles. The zero-order chi connectivity index (χ0) is 16.8. The average Bonchev–Trinajstić information content (AvgIpc) is 2.62. The van der Waals surface area contributed by atoms with Gasteiger partial charge in [-0.1, -0.05) is 24.3 Å². The molecule has 24 heavy (non-hydrogen) atoms. The Kier molecular flexibility index (Phi) is 5.38. The maximum absolute atomic E-state index is 13.6. The van der Waals surface area contributed by atoms with E-state index in [0.29, 0.717) is 18.7 Å². The number of nitrogens with zero attached hydrogens (tertiary/aromatic N) is 3. The number of urea groups is 1. The minimum absolute atomic E-state index is 0.143. The largest absolute Gasteiger partial charge is 0.334 e. The molecule has 0 spiro atoms. The second-order valence-electron chi connectivity index (χ2n) is 5.83. The van der Waals surface area contributed by atoms with Crippen LogP contribution in [0.25, 0.3) is 0 Å². The average molecular weight is 328 g/mol. The van der Waals surface area contributed by atoms with Crippen LogP contribution in [0.15, 0.2) is 48.7 Å². The van der Waals surface area contributed by atoms with Gasteiger partial charge in [-0.25, -0.2) is 9.18 Å². The summed E-state index contributed by atoms with van der Waals surface area (Å²) in [6.45, 7) is 3.95. The van der Waals surface area contributed by atoms with Gasteiger partial charge in [0.1, 0.15) is 5.82 Å². The number of carbonyl (C=O) groups excluding carboxylic acids is 1. The van der Waals surface area contributed by atoms with E-state index in [2.05, 4.69) is 15.2 Å². The van der Waals surface area contributed by atoms with Crippen molar-refractivity contribution in [2.24, 2.45) is 0 Å². The molecule has 1 aliphatic heterocycles. The second-order valence-corrected chi connectivity index (χ2v) is 5.83. The van der Waals surface area contributed by atoms with Crippen molar-refractivity contribution in [2.75, 3.05) is 26.2 Å². The highest BCUT2D eigenvalue weighted by Crippen LogP contribution is 2.08. The smallest absolute Gasteiger partial charge is 0.317 e. The van der Waals surface area contributed by atoms with Crippen LogP contribution in [0.2, 0.25) is 0 Å². The first-order chi connectivity index (χ1) is 11.7. The van der Waals surface area contributed by atoms with Crippen LogP contribution in [0.3, 0.4) is 0 Å². The van der Waals surface area contributed by atoms with Gasteiger partial charge in [-0.2, -0.15) is 0 Å². The molecule has 1 saturated heterocycles. The van der Waals surface area contributed by atoms with Gasteiger partial charge in [0.2, 0.25) is 0 Å². The summed E-state index contributed by atoms with van der Waals surface area (Å²) in [7, 11) is 0. The molecule has 5 nitrogen and oxygen atoms in total. The summed E-state index contributed by atoms with van der Waals surface area (Å²) in [6, 6.07) is 12.2. The maximum atomic E-state index is 13.6. The Morgan fingerprint density at radius 2 is 1.83 bits per heavy atom. The van der Waals surface area contributed by atoms with Gasteiger partial charge >= 0.3 is 6.03 Å². The van der Waals surface area contributed by atoms with E-state index in [-0.39, 0.29) is 18.4 Å². The highest BCUT2D eigenvalue weighted by Gasteiger charge is 2.21. The lowest BCUT2D eigenvalue weighted by molar-refractivity contribution is 0.134. The van der Waals surface area contributed by atoms with Gasteiger partial charge in [-0.3, -0.25) is 9.88 Å². The molecule has 1 N–H and O–H groups in total. The van der Waals surface area contributed by atoms with Crippen LogP contribution in [0, 0.1) is 5.82 Å². The highest BCUT2D eigenvalue weighted by molar-refractivity contribution is 5.74.